The number of nitrogens with one attached hydrogen (secondary N) is 3. The van der Waals surface area contributed by atoms with E-state index in [1.807, 2.05) is 66.7 Å². The van der Waals surface area contributed by atoms with Crippen LogP contribution in [0.2, 0.25) is 5.02 Å². The highest BCUT2D eigenvalue weighted by Gasteiger charge is 2.12. The molecule has 0 atom stereocenters. The number of aromatic nitrogens is 2. The van der Waals surface area contributed by atoms with Gasteiger partial charge in [0.1, 0.15) is 23.7 Å². The number of hydrogen-bond donors (Lipinski definition) is 3. The summed E-state index contributed by atoms with van der Waals surface area (Å²) in [6.45, 7) is 0.454. The molecular formula is C25H25Cl2N5O3. The van der Waals surface area contributed by atoms with E-state index in [1.165, 1.54) is 7.11 Å². The lowest BCUT2D eigenvalue weighted by Gasteiger charge is -2.14. The number of benzene rings is 3. The first kappa shape index (κ1) is 26.0. The lowest BCUT2D eigenvalue weighted by Crippen LogP contribution is -2.26. The van der Waals surface area contributed by atoms with Crippen molar-refractivity contribution in [1.82, 2.24) is 15.3 Å². The normalized spacial score (nSPS) is 10.4. The molecule has 0 radical (unpaired) electrons. The molecule has 1 heterocycles. The van der Waals surface area contributed by atoms with E-state index in [1.54, 1.807) is 7.11 Å². The number of fused-ring (bicyclic) bond motifs is 1. The SMILES string of the molecule is COCC(=O)NCc1ccc(Nc2nc(Nc3ccc(Cl)cc3)c3cccc(OC)c3n2)cc1.Cl. The molecule has 10 heteroatoms. The minimum absolute atomic E-state index is 0. The highest BCUT2D eigenvalue weighted by atomic mass is 35.5. The first-order chi connectivity index (χ1) is 16.6. The second-order valence-corrected chi connectivity index (χ2v) is 7.85. The fourth-order valence-electron chi connectivity index (χ4n) is 3.33. The molecule has 1 aromatic heterocycles. The number of nitrogens with zero attached hydrogens (tertiary/aromatic N) is 2. The van der Waals surface area contributed by atoms with Gasteiger partial charge >= 0.3 is 0 Å². The van der Waals surface area contributed by atoms with E-state index in [0.29, 0.717) is 34.6 Å². The Bertz CT molecular complexity index is 1290. The third-order valence-electron chi connectivity index (χ3n) is 4.99. The smallest absolute Gasteiger partial charge is 0.246 e. The van der Waals surface area contributed by atoms with Gasteiger partial charge in [-0.15, -0.1) is 12.4 Å². The monoisotopic (exact) mass is 513 g/mol. The number of halogens is 2. The fraction of sp³-hybridized carbons (Fsp3) is 0.160. The minimum atomic E-state index is -0.163. The van der Waals surface area contributed by atoms with Crippen LogP contribution in [0.15, 0.2) is 66.7 Å². The maximum atomic E-state index is 11.6. The second-order valence-electron chi connectivity index (χ2n) is 7.42. The highest BCUT2D eigenvalue weighted by molar-refractivity contribution is 6.30. The predicted molar refractivity (Wildman–Crippen MR) is 142 cm³/mol. The minimum Gasteiger partial charge on any atom is -0.494 e. The number of hydrogen-bond acceptors (Lipinski definition) is 7. The van der Waals surface area contributed by atoms with Gasteiger partial charge in [0.25, 0.3) is 0 Å². The Morgan fingerprint density at radius 2 is 1.60 bits per heavy atom. The Labute approximate surface area is 214 Å². The summed E-state index contributed by atoms with van der Waals surface area (Å²) in [4.78, 5) is 21.0. The third kappa shape index (κ3) is 6.73. The molecule has 1 amide bonds. The summed E-state index contributed by atoms with van der Waals surface area (Å²) in [5.74, 6) is 1.52. The van der Waals surface area contributed by atoms with Gasteiger partial charge in [0.2, 0.25) is 11.9 Å². The molecule has 3 N–H and O–H groups in total. The Morgan fingerprint density at radius 3 is 2.29 bits per heavy atom. The summed E-state index contributed by atoms with van der Waals surface area (Å²) < 4.78 is 10.3. The van der Waals surface area contributed by atoms with Crippen LogP contribution in [-0.4, -0.2) is 36.7 Å². The van der Waals surface area contributed by atoms with Crippen molar-refractivity contribution in [2.24, 2.45) is 0 Å². The van der Waals surface area contributed by atoms with Crippen molar-refractivity contribution in [3.05, 3.63) is 77.3 Å². The van der Waals surface area contributed by atoms with Gasteiger partial charge in [-0.1, -0.05) is 29.8 Å². The number of amides is 1. The van der Waals surface area contributed by atoms with Crippen LogP contribution in [0.25, 0.3) is 10.9 Å². The van der Waals surface area contributed by atoms with Crippen molar-refractivity contribution in [2.75, 3.05) is 31.5 Å². The van der Waals surface area contributed by atoms with E-state index in [0.717, 1.165) is 22.3 Å². The van der Waals surface area contributed by atoms with Gasteiger partial charge in [-0.3, -0.25) is 4.79 Å². The Morgan fingerprint density at radius 1 is 0.914 bits per heavy atom. The van der Waals surface area contributed by atoms with Gasteiger partial charge in [-0.25, -0.2) is 4.98 Å². The largest absolute Gasteiger partial charge is 0.494 e. The Hall–Kier alpha value is -3.59. The van der Waals surface area contributed by atoms with E-state index in [2.05, 4.69) is 20.9 Å². The van der Waals surface area contributed by atoms with Crippen LogP contribution in [-0.2, 0) is 16.1 Å². The van der Waals surface area contributed by atoms with Gasteiger partial charge in [-0.2, -0.15) is 4.98 Å². The maximum absolute atomic E-state index is 11.6. The van der Waals surface area contributed by atoms with Crippen molar-refractivity contribution in [1.29, 1.82) is 0 Å². The molecule has 0 saturated carbocycles. The summed E-state index contributed by atoms with van der Waals surface area (Å²) >= 11 is 6.02. The molecule has 3 aromatic carbocycles. The first-order valence-corrected chi connectivity index (χ1v) is 10.9. The van der Waals surface area contributed by atoms with Crippen molar-refractivity contribution in [3.8, 4) is 5.75 Å². The van der Waals surface area contributed by atoms with Gasteiger partial charge in [0, 0.05) is 35.4 Å². The molecule has 0 fully saturated rings. The third-order valence-corrected chi connectivity index (χ3v) is 5.24. The number of carbonyl (C=O) groups is 1. The summed E-state index contributed by atoms with van der Waals surface area (Å²) in [7, 11) is 3.10. The zero-order chi connectivity index (χ0) is 23.9. The molecule has 0 bridgehead atoms. The zero-order valence-corrected chi connectivity index (χ0v) is 20.7. The summed E-state index contributed by atoms with van der Waals surface area (Å²) in [6.07, 6.45) is 0. The van der Waals surface area contributed by atoms with E-state index < -0.39 is 0 Å². The second kappa shape index (κ2) is 12.2. The van der Waals surface area contributed by atoms with Crippen LogP contribution in [0.1, 0.15) is 5.56 Å². The lowest BCUT2D eigenvalue weighted by atomic mass is 10.2. The molecule has 8 nitrogen and oxygen atoms in total. The molecule has 0 saturated heterocycles. The number of methoxy groups -OCH3 is 2. The van der Waals surface area contributed by atoms with Crippen molar-refractivity contribution in [2.45, 2.75) is 6.54 Å². The average molecular weight is 514 g/mol. The van der Waals surface area contributed by atoms with Crippen LogP contribution < -0.4 is 20.7 Å². The van der Waals surface area contributed by atoms with E-state index in [9.17, 15) is 4.79 Å². The van der Waals surface area contributed by atoms with Crippen molar-refractivity contribution < 1.29 is 14.3 Å². The van der Waals surface area contributed by atoms with Crippen LogP contribution in [0.4, 0.5) is 23.1 Å². The lowest BCUT2D eigenvalue weighted by molar-refractivity contribution is -0.124. The molecule has 0 aliphatic rings. The van der Waals surface area contributed by atoms with E-state index in [4.69, 9.17) is 26.1 Å². The summed E-state index contributed by atoms with van der Waals surface area (Å²) in [5.41, 5.74) is 3.29. The molecule has 0 aliphatic carbocycles. The first-order valence-electron chi connectivity index (χ1n) is 10.5. The molecule has 4 rings (SSSR count). The fourth-order valence-corrected chi connectivity index (χ4v) is 3.46. The average Bonchev–Trinajstić information content (AvgIpc) is 2.85. The van der Waals surface area contributed by atoms with Crippen LogP contribution >= 0.6 is 24.0 Å². The topological polar surface area (TPSA) is 97.4 Å². The van der Waals surface area contributed by atoms with Crippen LogP contribution in [0.5, 0.6) is 5.75 Å². The molecule has 0 spiro atoms. The van der Waals surface area contributed by atoms with E-state index in [-0.39, 0.29) is 24.9 Å². The molecule has 0 aliphatic heterocycles. The van der Waals surface area contributed by atoms with Crippen molar-refractivity contribution in [3.63, 3.8) is 0 Å². The van der Waals surface area contributed by atoms with Gasteiger partial charge in [0.05, 0.1) is 7.11 Å². The summed E-state index contributed by atoms with van der Waals surface area (Å²) in [6, 6.07) is 20.7. The number of rotatable bonds is 9. The zero-order valence-electron chi connectivity index (χ0n) is 19.2. The Balaban J connectivity index is 0.00000342. The molecule has 182 valence electrons. The molecular weight excluding hydrogens is 489 g/mol. The standard InChI is InChI=1S/C25H24ClN5O3.ClH/c1-33-15-22(32)27-14-16-6-10-19(11-7-16)29-25-30-23-20(4-3-5-21(23)34-2)24(31-25)28-18-12-8-17(26)9-13-18;/h3-13H,14-15H2,1-2H3,(H,27,32)(H2,28,29,30,31);1H. The highest BCUT2D eigenvalue weighted by Crippen LogP contribution is 2.32. The van der Waals surface area contributed by atoms with Crippen LogP contribution in [0.3, 0.4) is 0 Å². The number of para-hydroxylation sites is 1. The number of anilines is 4. The van der Waals surface area contributed by atoms with E-state index >= 15 is 0 Å². The van der Waals surface area contributed by atoms with Gasteiger partial charge in [0.15, 0.2) is 0 Å². The van der Waals surface area contributed by atoms with Gasteiger partial charge < -0.3 is 25.4 Å². The quantitative estimate of drug-likeness (QED) is 0.273. The molecule has 35 heavy (non-hydrogen) atoms. The van der Waals surface area contributed by atoms with Crippen molar-refractivity contribution >= 4 is 64.0 Å². The molecule has 4 aromatic rings. The van der Waals surface area contributed by atoms with Crippen LogP contribution in [0, 0.1) is 0 Å². The molecule has 0 unspecified atom stereocenters. The number of carbonyl (C=O) groups excluding carboxylic acids is 1. The van der Waals surface area contributed by atoms with Gasteiger partial charge in [-0.05, 0) is 54.1 Å². The maximum Gasteiger partial charge on any atom is 0.246 e. The Kier molecular flexibility index (Phi) is 9.08. The number of ether oxygens (including phenoxy) is 2. The summed E-state index contributed by atoms with van der Waals surface area (Å²) in [5, 5.41) is 10.9. The predicted octanol–water partition coefficient (Wildman–Crippen LogP) is 5.46.